The van der Waals surface area contributed by atoms with E-state index in [1.54, 1.807) is 6.33 Å². The Morgan fingerprint density at radius 2 is 2.19 bits per heavy atom. The van der Waals surface area contributed by atoms with E-state index in [1.165, 1.54) is 0 Å². The summed E-state index contributed by atoms with van der Waals surface area (Å²) in [4.78, 5) is 14.1. The van der Waals surface area contributed by atoms with Gasteiger partial charge in [-0.25, -0.2) is 9.97 Å². The van der Waals surface area contributed by atoms with Crippen molar-refractivity contribution in [3.8, 4) is 0 Å². The quantitative estimate of drug-likeness (QED) is 0.857. The maximum absolute atomic E-state index is 4.41. The van der Waals surface area contributed by atoms with E-state index in [1.807, 2.05) is 12.3 Å². The van der Waals surface area contributed by atoms with Crippen LogP contribution < -0.4 is 4.90 Å². The Kier molecular flexibility index (Phi) is 3.08. The standard InChI is InChI=1S/C12H18N4/c1-4-7-16(9(2)3)12-10-5-6-13-11(10)14-8-15-12/h5-6,8-9H,4,7H2,1-3H3,(H,13,14,15). The summed E-state index contributed by atoms with van der Waals surface area (Å²) < 4.78 is 0. The Hall–Kier alpha value is -1.58. The summed E-state index contributed by atoms with van der Waals surface area (Å²) in [5.41, 5.74) is 0.909. The number of fused-ring (bicyclic) bond motifs is 1. The van der Waals surface area contributed by atoms with E-state index in [0.29, 0.717) is 6.04 Å². The fourth-order valence-electron chi connectivity index (χ4n) is 1.94. The predicted octanol–water partition coefficient (Wildman–Crippen LogP) is 2.58. The van der Waals surface area contributed by atoms with E-state index in [-0.39, 0.29) is 0 Å². The zero-order valence-corrected chi connectivity index (χ0v) is 10.1. The monoisotopic (exact) mass is 218 g/mol. The van der Waals surface area contributed by atoms with E-state index in [0.717, 1.165) is 29.8 Å². The molecule has 2 aromatic rings. The maximum atomic E-state index is 4.41. The average Bonchev–Trinajstić information content (AvgIpc) is 2.73. The van der Waals surface area contributed by atoms with Crippen molar-refractivity contribution >= 4 is 16.9 Å². The third-order valence-corrected chi connectivity index (χ3v) is 2.69. The molecule has 0 spiro atoms. The molecule has 0 aliphatic carbocycles. The highest BCUT2D eigenvalue weighted by Crippen LogP contribution is 2.23. The van der Waals surface area contributed by atoms with Crippen LogP contribution in [0.25, 0.3) is 11.0 Å². The van der Waals surface area contributed by atoms with E-state index in [4.69, 9.17) is 0 Å². The van der Waals surface area contributed by atoms with Gasteiger partial charge in [0, 0.05) is 18.8 Å². The van der Waals surface area contributed by atoms with Gasteiger partial charge in [-0.15, -0.1) is 0 Å². The average molecular weight is 218 g/mol. The Morgan fingerprint density at radius 1 is 1.38 bits per heavy atom. The van der Waals surface area contributed by atoms with Gasteiger partial charge in [-0.3, -0.25) is 0 Å². The molecule has 0 radical (unpaired) electrons. The second-order valence-electron chi connectivity index (χ2n) is 4.22. The molecule has 0 amide bonds. The van der Waals surface area contributed by atoms with Gasteiger partial charge in [0.05, 0.1) is 5.39 Å². The van der Waals surface area contributed by atoms with Crippen LogP contribution in [0.2, 0.25) is 0 Å². The summed E-state index contributed by atoms with van der Waals surface area (Å²) in [7, 11) is 0. The lowest BCUT2D eigenvalue weighted by molar-refractivity contribution is 0.664. The number of H-pyrrole nitrogens is 1. The molecule has 4 heteroatoms. The number of aromatic amines is 1. The lowest BCUT2D eigenvalue weighted by atomic mass is 10.2. The van der Waals surface area contributed by atoms with Gasteiger partial charge in [-0.1, -0.05) is 6.92 Å². The van der Waals surface area contributed by atoms with Crippen LogP contribution in [0.1, 0.15) is 27.2 Å². The zero-order chi connectivity index (χ0) is 11.5. The van der Waals surface area contributed by atoms with Crippen molar-refractivity contribution in [1.82, 2.24) is 15.0 Å². The Morgan fingerprint density at radius 3 is 2.88 bits per heavy atom. The second-order valence-corrected chi connectivity index (χ2v) is 4.22. The van der Waals surface area contributed by atoms with Gasteiger partial charge < -0.3 is 9.88 Å². The van der Waals surface area contributed by atoms with Crippen LogP contribution in [0.4, 0.5) is 5.82 Å². The van der Waals surface area contributed by atoms with Crippen LogP contribution in [-0.4, -0.2) is 27.5 Å². The van der Waals surface area contributed by atoms with Crippen molar-refractivity contribution in [1.29, 1.82) is 0 Å². The summed E-state index contributed by atoms with van der Waals surface area (Å²) in [6.07, 6.45) is 4.65. The van der Waals surface area contributed by atoms with Gasteiger partial charge in [-0.05, 0) is 26.3 Å². The summed E-state index contributed by atoms with van der Waals surface area (Å²) in [5, 5.41) is 1.10. The summed E-state index contributed by atoms with van der Waals surface area (Å²) in [5.74, 6) is 1.03. The van der Waals surface area contributed by atoms with Crippen molar-refractivity contribution in [2.75, 3.05) is 11.4 Å². The molecule has 0 unspecified atom stereocenters. The molecule has 0 bridgehead atoms. The number of hydrogen-bond donors (Lipinski definition) is 1. The highest BCUT2D eigenvalue weighted by Gasteiger charge is 2.14. The third kappa shape index (κ3) is 1.87. The number of nitrogens with one attached hydrogen (secondary N) is 1. The minimum Gasteiger partial charge on any atom is -0.354 e. The summed E-state index contributed by atoms with van der Waals surface area (Å²) >= 11 is 0. The molecule has 0 saturated carbocycles. The molecule has 16 heavy (non-hydrogen) atoms. The minimum absolute atomic E-state index is 0.452. The third-order valence-electron chi connectivity index (χ3n) is 2.69. The lowest BCUT2D eigenvalue weighted by Gasteiger charge is -2.27. The molecule has 0 aliphatic heterocycles. The fourth-order valence-corrected chi connectivity index (χ4v) is 1.94. The summed E-state index contributed by atoms with van der Waals surface area (Å²) in [6.45, 7) is 7.59. The largest absolute Gasteiger partial charge is 0.354 e. The zero-order valence-electron chi connectivity index (χ0n) is 10.1. The first-order chi connectivity index (χ1) is 7.74. The first kappa shape index (κ1) is 10.9. The second kappa shape index (κ2) is 4.51. The van der Waals surface area contributed by atoms with Crippen molar-refractivity contribution in [2.45, 2.75) is 33.2 Å². The number of anilines is 1. The topological polar surface area (TPSA) is 44.8 Å². The van der Waals surface area contributed by atoms with Gasteiger partial charge in [0.25, 0.3) is 0 Å². The van der Waals surface area contributed by atoms with Crippen LogP contribution in [0.3, 0.4) is 0 Å². The lowest BCUT2D eigenvalue weighted by Crippen LogP contribution is -2.32. The number of aromatic nitrogens is 3. The molecule has 4 nitrogen and oxygen atoms in total. The highest BCUT2D eigenvalue weighted by molar-refractivity contribution is 5.87. The molecule has 86 valence electrons. The Balaban J connectivity index is 2.47. The smallest absolute Gasteiger partial charge is 0.142 e. The van der Waals surface area contributed by atoms with E-state index < -0.39 is 0 Å². The normalized spacial score (nSPS) is 11.2. The van der Waals surface area contributed by atoms with Gasteiger partial charge in [0.2, 0.25) is 0 Å². The van der Waals surface area contributed by atoms with E-state index in [2.05, 4.69) is 40.6 Å². The van der Waals surface area contributed by atoms with Crippen molar-refractivity contribution in [3.63, 3.8) is 0 Å². The SMILES string of the molecule is CCCN(c1ncnc2[nH]ccc12)C(C)C. The molecule has 0 atom stereocenters. The molecule has 2 heterocycles. The van der Waals surface area contributed by atoms with E-state index in [9.17, 15) is 0 Å². The van der Waals surface area contributed by atoms with Crippen molar-refractivity contribution < 1.29 is 0 Å². The van der Waals surface area contributed by atoms with Crippen LogP contribution in [0.15, 0.2) is 18.6 Å². The predicted molar refractivity (Wildman–Crippen MR) is 66.7 cm³/mol. The Bertz CT molecular complexity index is 461. The van der Waals surface area contributed by atoms with E-state index >= 15 is 0 Å². The molecule has 0 aliphatic rings. The number of nitrogens with zero attached hydrogens (tertiary/aromatic N) is 3. The van der Waals surface area contributed by atoms with Crippen LogP contribution in [0, 0.1) is 0 Å². The molecule has 0 aromatic carbocycles. The Labute approximate surface area is 95.7 Å². The highest BCUT2D eigenvalue weighted by atomic mass is 15.2. The minimum atomic E-state index is 0.452. The molecule has 2 aromatic heterocycles. The molecular formula is C12H18N4. The van der Waals surface area contributed by atoms with Crippen LogP contribution in [0.5, 0.6) is 0 Å². The molecule has 0 fully saturated rings. The van der Waals surface area contributed by atoms with Crippen LogP contribution >= 0.6 is 0 Å². The first-order valence-electron chi connectivity index (χ1n) is 5.78. The molecule has 2 rings (SSSR count). The number of rotatable bonds is 4. The molecule has 0 saturated heterocycles. The van der Waals surface area contributed by atoms with Gasteiger partial charge in [-0.2, -0.15) is 0 Å². The molecular weight excluding hydrogens is 200 g/mol. The van der Waals surface area contributed by atoms with Gasteiger partial charge >= 0.3 is 0 Å². The van der Waals surface area contributed by atoms with Crippen LogP contribution in [-0.2, 0) is 0 Å². The fraction of sp³-hybridized carbons (Fsp3) is 0.500. The van der Waals surface area contributed by atoms with Crippen molar-refractivity contribution in [2.24, 2.45) is 0 Å². The van der Waals surface area contributed by atoms with Crippen molar-refractivity contribution in [3.05, 3.63) is 18.6 Å². The number of hydrogen-bond acceptors (Lipinski definition) is 3. The molecule has 1 N–H and O–H groups in total. The maximum Gasteiger partial charge on any atom is 0.142 e. The van der Waals surface area contributed by atoms with Gasteiger partial charge in [0.15, 0.2) is 0 Å². The van der Waals surface area contributed by atoms with Gasteiger partial charge in [0.1, 0.15) is 17.8 Å². The first-order valence-corrected chi connectivity index (χ1v) is 5.78. The summed E-state index contributed by atoms with van der Waals surface area (Å²) in [6, 6.07) is 2.49.